The first-order valence-electron chi connectivity index (χ1n) is 10.3. The molecule has 5 rings (SSSR count). The van der Waals surface area contributed by atoms with Crippen LogP contribution in [0.25, 0.3) is 11.0 Å². The first-order valence-corrected chi connectivity index (χ1v) is 10.3. The Bertz CT molecular complexity index is 844. The van der Waals surface area contributed by atoms with Gasteiger partial charge in [0.25, 0.3) is 5.91 Å². The number of likely N-dealkylation sites (tertiary alicyclic amines) is 1. The van der Waals surface area contributed by atoms with E-state index in [1.165, 1.54) is 12.8 Å². The summed E-state index contributed by atoms with van der Waals surface area (Å²) in [5, 5.41) is 3.82. The molecule has 0 unspecified atom stereocenters. The highest BCUT2D eigenvalue weighted by atomic mass is 16.6. The van der Waals surface area contributed by atoms with E-state index < -0.39 is 0 Å². The lowest BCUT2D eigenvalue weighted by molar-refractivity contribution is 0.0673. The predicted molar refractivity (Wildman–Crippen MR) is 102 cm³/mol. The second kappa shape index (κ2) is 7.11. The fourth-order valence-electron chi connectivity index (χ4n) is 4.89. The molecule has 2 aromatic heterocycles. The molecule has 3 atom stereocenters. The molecule has 3 heterocycles. The minimum Gasteiger partial charge on any atom is -0.449 e. The molecule has 1 saturated heterocycles. The smallest absolute Gasteiger partial charge is 0.410 e. The van der Waals surface area contributed by atoms with Crippen molar-refractivity contribution in [2.24, 2.45) is 17.8 Å². The van der Waals surface area contributed by atoms with Crippen molar-refractivity contribution < 1.29 is 18.7 Å². The van der Waals surface area contributed by atoms with E-state index in [0.717, 1.165) is 37.7 Å². The molecule has 1 aliphatic heterocycles. The highest BCUT2D eigenvalue weighted by Crippen LogP contribution is 2.53. The van der Waals surface area contributed by atoms with E-state index in [0.29, 0.717) is 35.6 Å². The molecule has 0 radical (unpaired) electrons. The van der Waals surface area contributed by atoms with Gasteiger partial charge in [0.1, 0.15) is 6.10 Å². The number of furan rings is 1. The van der Waals surface area contributed by atoms with Crippen molar-refractivity contribution >= 4 is 23.0 Å². The zero-order valence-corrected chi connectivity index (χ0v) is 15.8. The monoisotopic (exact) mass is 383 g/mol. The van der Waals surface area contributed by atoms with E-state index in [2.05, 4.69) is 10.3 Å². The predicted octanol–water partition coefficient (Wildman–Crippen LogP) is 3.20. The number of hydrogen-bond donors (Lipinski definition) is 1. The summed E-state index contributed by atoms with van der Waals surface area (Å²) in [6.45, 7) is 2.22. The quantitative estimate of drug-likeness (QED) is 0.857. The standard InChI is InChI=1S/C21H25N3O4/c25-20(18-9-13-5-7-22-10-19(13)28-18)23-8-6-15-16-11-24(12-17(15)16)21(26)27-14-3-1-2-4-14/h5,7,9-10,14-17H,1-4,6,8,11-12H2,(H,23,25)/t15-,16-,17+. The first kappa shape index (κ1) is 17.5. The third-order valence-corrected chi connectivity index (χ3v) is 6.51. The molecule has 2 saturated carbocycles. The van der Waals surface area contributed by atoms with Gasteiger partial charge in [-0.3, -0.25) is 9.78 Å². The van der Waals surface area contributed by atoms with Gasteiger partial charge in [0, 0.05) is 31.2 Å². The summed E-state index contributed by atoms with van der Waals surface area (Å²) in [5.41, 5.74) is 0.619. The lowest BCUT2D eigenvalue weighted by atomic mass is 10.2. The van der Waals surface area contributed by atoms with Crippen molar-refractivity contribution in [1.82, 2.24) is 15.2 Å². The Morgan fingerprint density at radius 2 is 2.04 bits per heavy atom. The molecular weight excluding hydrogens is 358 g/mol. The molecule has 2 amide bonds. The van der Waals surface area contributed by atoms with E-state index in [4.69, 9.17) is 9.15 Å². The molecule has 2 aliphatic carbocycles. The molecule has 148 valence electrons. The number of nitrogens with zero attached hydrogens (tertiary/aromatic N) is 2. The molecule has 3 aliphatic rings. The summed E-state index contributed by atoms with van der Waals surface area (Å²) in [6.07, 6.45) is 8.58. The van der Waals surface area contributed by atoms with E-state index >= 15 is 0 Å². The largest absolute Gasteiger partial charge is 0.449 e. The van der Waals surface area contributed by atoms with Crippen molar-refractivity contribution in [1.29, 1.82) is 0 Å². The van der Waals surface area contributed by atoms with Crippen molar-refractivity contribution in [3.63, 3.8) is 0 Å². The van der Waals surface area contributed by atoms with Crippen molar-refractivity contribution in [3.05, 3.63) is 30.3 Å². The summed E-state index contributed by atoms with van der Waals surface area (Å²) in [6, 6.07) is 3.57. The van der Waals surface area contributed by atoms with Crippen LogP contribution in [0.4, 0.5) is 4.79 Å². The van der Waals surface area contributed by atoms with Crippen LogP contribution in [0.15, 0.2) is 28.9 Å². The first-order chi connectivity index (χ1) is 13.7. The van der Waals surface area contributed by atoms with Gasteiger partial charge in [-0.1, -0.05) is 0 Å². The maximum atomic E-state index is 12.3. The number of pyridine rings is 1. The number of fused-ring (bicyclic) bond motifs is 2. The fraction of sp³-hybridized carbons (Fsp3) is 0.571. The Kier molecular flexibility index (Phi) is 4.45. The van der Waals surface area contributed by atoms with Crippen molar-refractivity contribution in [2.75, 3.05) is 19.6 Å². The Hall–Kier alpha value is -2.57. The minimum atomic E-state index is -0.191. The fourth-order valence-corrected chi connectivity index (χ4v) is 4.89. The summed E-state index contributed by atoms with van der Waals surface area (Å²) >= 11 is 0. The average Bonchev–Trinajstić information content (AvgIpc) is 3.22. The Morgan fingerprint density at radius 3 is 2.79 bits per heavy atom. The number of ether oxygens (including phenoxy) is 1. The van der Waals surface area contributed by atoms with Crippen LogP contribution >= 0.6 is 0 Å². The van der Waals surface area contributed by atoms with Gasteiger partial charge in [-0.2, -0.15) is 0 Å². The van der Waals surface area contributed by atoms with Crippen LogP contribution in [-0.2, 0) is 4.74 Å². The van der Waals surface area contributed by atoms with Gasteiger partial charge in [0.05, 0.1) is 6.20 Å². The van der Waals surface area contributed by atoms with Gasteiger partial charge in [0.15, 0.2) is 11.3 Å². The Labute approximate surface area is 163 Å². The number of nitrogens with one attached hydrogen (secondary N) is 1. The van der Waals surface area contributed by atoms with Crippen LogP contribution in [-0.4, -0.2) is 47.6 Å². The molecule has 0 aromatic carbocycles. The Balaban J connectivity index is 1.05. The molecular formula is C21H25N3O4. The SMILES string of the molecule is O=C(NCC[C@@H]1[C@H]2CN(C(=O)OC3CCCC3)C[C@@H]12)c1cc2ccncc2o1. The molecule has 3 fully saturated rings. The Morgan fingerprint density at radius 1 is 1.25 bits per heavy atom. The van der Waals surface area contributed by atoms with Gasteiger partial charge in [-0.05, 0) is 62.0 Å². The van der Waals surface area contributed by atoms with Crippen LogP contribution in [0.5, 0.6) is 0 Å². The third kappa shape index (κ3) is 3.34. The second-order valence-electron chi connectivity index (χ2n) is 8.26. The van der Waals surface area contributed by atoms with Gasteiger partial charge >= 0.3 is 6.09 Å². The number of piperidine rings is 1. The van der Waals surface area contributed by atoms with E-state index in [9.17, 15) is 9.59 Å². The van der Waals surface area contributed by atoms with Gasteiger partial charge in [-0.15, -0.1) is 0 Å². The number of carbonyl (C=O) groups is 2. The van der Waals surface area contributed by atoms with Crippen LogP contribution in [0.3, 0.4) is 0 Å². The molecule has 7 nitrogen and oxygen atoms in total. The highest BCUT2D eigenvalue weighted by molar-refractivity contribution is 5.95. The topological polar surface area (TPSA) is 84.7 Å². The summed E-state index contributed by atoms with van der Waals surface area (Å²) < 4.78 is 11.1. The molecule has 7 heteroatoms. The van der Waals surface area contributed by atoms with Crippen LogP contribution in [0.1, 0.15) is 42.7 Å². The van der Waals surface area contributed by atoms with Crippen LogP contribution in [0, 0.1) is 17.8 Å². The maximum Gasteiger partial charge on any atom is 0.410 e. The van der Waals surface area contributed by atoms with Crippen LogP contribution in [0.2, 0.25) is 0 Å². The van der Waals surface area contributed by atoms with Gasteiger partial charge < -0.3 is 19.4 Å². The van der Waals surface area contributed by atoms with Gasteiger partial charge in [0.2, 0.25) is 0 Å². The third-order valence-electron chi connectivity index (χ3n) is 6.51. The molecule has 0 spiro atoms. The zero-order chi connectivity index (χ0) is 19.1. The summed E-state index contributed by atoms with van der Waals surface area (Å²) in [7, 11) is 0. The molecule has 2 aromatic rings. The van der Waals surface area contributed by atoms with E-state index in [-0.39, 0.29) is 18.1 Å². The van der Waals surface area contributed by atoms with E-state index in [1.807, 2.05) is 11.0 Å². The maximum absolute atomic E-state index is 12.3. The molecule has 1 N–H and O–H groups in total. The van der Waals surface area contributed by atoms with Crippen molar-refractivity contribution in [3.8, 4) is 0 Å². The minimum absolute atomic E-state index is 0.129. The van der Waals surface area contributed by atoms with E-state index in [1.54, 1.807) is 18.5 Å². The highest BCUT2D eigenvalue weighted by Gasteiger charge is 2.56. The second-order valence-corrected chi connectivity index (χ2v) is 8.26. The summed E-state index contributed by atoms with van der Waals surface area (Å²) in [4.78, 5) is 30.4. The molecule has 0 bridgehead atoms. The normalized spacial score (nSPS) is 26.4. The number of rotatable bonds is 5. The van der Waals surface area contributed by atoms with Crippen molar-refractivity contribution in [2.45, 2.75) is 38.2 Å². The lowest BCUT2D eigenvalue weighted by Crippen LogP contribution is -2.34. The zero-order valence-electron chi connectivity index (χ0n) is 15.8. The number of hydrogen-bond acceptors (Lipinski definition) is 5. The lowest BCUT2D eigenvalue weighted by Gasteiger charge is -2.22. The summed E-state index contributed by atoms with van der Waals surface area (Å²) in [5.74, 6) is 1.84. The number of carbonyl (C=O) groups excluding carboxylic acids is 2. The number of aromatic nitrogens is 1. The van der Waals surface area contributed by atoms with Gasteiger partial charge in [-0.25, -0.2) is 4.79 Å². The van der Waals surface area contributed by atoms with Crippen LogP contribution < -0.4 is 5.32 Å². The number of amides is 2. The average molecular weight is 383 g/mol. The molecule has 28 heavy (non-hydrogen) atoms.